The third-order valence-electron chi connectivity index (χ3n) is 3.66. The van der Waals surface area contributed by atoms with E-state index in [1.165, 1.54) is 12.8 Å². The van der Waals surface area contributed by atoms with E-state index in [1.54, 1.807) is 0 Å². The van der Waals surface area contributed by atoms with Crippen molar-refractivity contribution in [3.05, 3.63) is 0 Å². The maximum Gasteiger partial charge on any atom is 0.323 e. The molecule has 0 heterocycles. The number of aliphatic carboxylic acids is 1. The van der Waals surface area contributed by atoms with E-state index < -0.39 is 11.5 Å². The van der Waals surface area contributed by atoms with Crippen LogP contribution in [0.1, 0.15) is 72.6 Å². The van der Waals surface area contributed by atoms with Crippen LogP contribution < -0.4 is 5.73 Å². The van der Waals surface area contributed by atoms with Gasteiger partial charge in [0.2, 0.25) is 0 Å². The third-order valence-corrected chi connectivity index (χ3v) is 3.66. The van der Waals surface area contributed by atoms with E-state index in [-0.39, 0.29) is 5.92 Å². The summed E-state index contributed by atoms with van der Waals surface area (Å²) in [6, 6.07) is 0. The molecular formula is C15H33BNO3. The molecule has 0 aromatic rings. The molecule has 0 spiro atoms. The second kappa shape index (κ2) is 13.4. The first-order valence-corrected chi connectivity index (χ1v) is 8.01. The largest absolute Gasteiger partial charge is 0.480 e. The molecule has 0 aromatic carbocycles. The van der Waals surface area contributed by atoms with Gasteiger partial charge < -0.3 is 15.9 Å². The molecular weight excluding hydrogens is 253 g/mol. The quantitative estimate of drug-likeness (QED) is 0.517. The van der Waals surface area contributed by atoms with Gasteiger partial charge in [0.25, 0.3) is 7.48 Å². The van der Waals surface area contributed by atoms with Crippen LogP contribution in [0.15, 0.2) is 0 Å². The number of rotatable bonds is 6. The molecule has 0 aromatic heterocycles. The lowest BCUT2D eigenvalue weighted by atomic mass is 9.82. The van der Waals surface area contributed by atoms with Crippen LogP contribution in [0.5, 0.6) is 0 Å². The number of unbranched alkanes of at least 4 members (excludes halogenated alkanes) is 1. The Hall–Kier alpha value is -0.545. The predicted molar refractivity (Wildman–Crippen MR) is 85.8 cm³/mol. The third kappa shape index (κ3) is 7.90. The maximum atomic E-state index is 11.0. The molecule has 0 amide bonds. The molecule has 0 aliphatic heterocycles. The second-order valence-corrected chi connectivity index (χ2v) is 5.05. The van der Waals surface area contributed by atoms with Gasteiger partial charge in [0.05, 0.1) is 0 Å². The van der Waals surface area contributed by atoms with E-state index in [1.807, 2.05) is 13.8 Å². The van der Waals surface area contributed by atoms with E-state index >= 15 is 0 Å². The Morgan fingerprint density at radius 1 is 1.35 bits per heavy atom. The fraction of sp³-hybridized carbons (Fsp3) is 0.933. The molecule has 5 heteroatoms. The average molecular weight is 286 g/mol. The number of hydrogen-bond donors (Lipinski definition) is 3. The highest BCUT2D eigenvalue weighted by Crippen LogP contribution is 2.37. The van der Waals surface area contributed by atoms with Gasteiger partial charge in [0.15, 0.2) is 0 Å². The SMILES string of the molecule is CC.CCCC.NC1(C(=O)O)CCCC1CCC[B]O. The normalized spacial score (nSPS) is 24.0. The van der Waals surface area contributed by atoms with Gasteiger partial charge in [0.1, 0.15) is 5.54 Å². The van der Waals surface area contributed by atoms with Crippen molar-refractivity contribution in [1.29, 1.82) is 0 Å². The van der Waals surface area contributed by atoms with E-state index in [0.717, 1.165) is 33.2 Å². The van der Waals surface area contributed by atoms with Gasteiger partial charge in [-0.05, 0) is 25.2 Å². The molecule has 1 rings (SSSR count). The van der Waals surface area contributed by atoms with Crippen molar-refractivity contribution in [3.63, 3.8) is 0 Å². The summed E-state index contributed by atoms with van der Waals surface area (Å²) < 4.78 is 0. The van der Waals surface area contributed by atoms with Crippen LogP contribution in [0.2, 0.25) is 6.32 Å². The highest BCUT2D eigenvalue weighted by atomic mass is 16.4. The minimum Gasteiger partial charge on any atom is -0.480 e. The Kier molecular flexibility index (Phi) is 14.6. The first-order chi connectivity index (χ1) is 9.52. The minimum absolute atomic E-state index is 0.0694. The summed E-state index contributed by atoms with van der Waals surface area (Å²) in [6.45, 7) is 8.36. The molecule has 4 N–H and O–H groups in total. The topological polar surface area (TPSA) is 83.6 Å². The Morgan fingerprint density at radius 2 is 1.90 bits per heavy atom. The van der Waals surface area contributed by atoms with Crippen LogP contribution in [-0.4, -0.2) is 29.1 Å². The molecule has 0 bridgehead atoms. The standard InChI is InChI=1S/C9H17BNO3.C4H10.C2H6/c11-9(8(12)13)5-1-3-7(9)4-2-6-10-14;1-3-4-2;1-2/h7,14H,1-6,11H2,(H,12,13);3-4H2,1-2H3;1-2H3. The molecule has 0 saturated heterocycles. The smallest absolute Gasteiger partial charge is 0.323 e. The summed E-state index contributed by atoms with van der Waals surface area (Å²) in [5, 5.41) is 17.5. The number of carbonyl (C=O) groups is 1. The lowest BCUT2D eigenvalue weighted by Gasteiger charge is -2.26. The summed E-state index contributed by atoms with van der Waals surface area (Å²) in [7, 11) is 1.12. The van der Waals surface area contributed by atoms with Crippen molar-refractivity contribution >= 4 is 13.5 Å². The van der Waals surface area contributed by atoms with Crippen molar-refractivity contribution in [2.75, 3.05) is 0 Å². The lowest BCUT2D eigenvalue weighted by Crippen LogP contribution is -2.50. The average Bonchev–Trinajstić information content (AvgIpc) is 2.84. The molecule has 2 atom stereocenters. The maximum absolute atomic E-state index is 11.0. The van der Waals surface area contributed by atoms with Gasteiger partial charge in [-0.25, -0.2) is 0 Å². The fourth-order valence-corrected chi connectivity index (χ4v) is 2.24. The predicted octanol–water partition coefficient (Wildman–Crippen LogP) is 3.21. The summed E-state index contributed by atoms with van der Waals surface area (Å²) >= 11 is 0. The molecule has 1 saturated carbocycles. The highest BCUT2D eigenvalue weighted by molar-refractivity contribution is 6.25. The van der Waals surface area contributed by atoms with Crippen LogP contribution in [-0.2, 0) is 4.79 Å². The minimum atomic E-state index is -1.02. The van der Waals surface area contributed by atoms with Crippen molar-refractivity contribution < 1.29 is 14.9 Å². The van der Waals surface area contributed by atoms with Gasteiger partial charge in [-0.1, -0.05) is 59.7 Å². The highest BCUT2D eigenvalue weighted by Gasteiger charge is 2.45. The number of nitrogens with two attached hydrogens (primary N) is 1. The van der Waals surface area contributed by atoms with Gasteiger partial charge in [-0.2, -0.15) is 0 Å². The zero-order chi connectivity index (χ0) is 16.0. The van der Waals surface area contributed by atoms with E-state index in [2.05, 4.69) is 13.8 Å². The number of carboxylic acid groups (broad SMARTS) is 1. The van der Waals surface area contributed by atoms with Crippen LogP contribution in [0.3, 0.4) is 0 Å². The number of carboxylic acids is 1. The first-order valence-electron chi connectivity index (χ1n) is 8.01. The molecule has 2 unspecified atom stereocenters. The van der Waals surface area contributed by atoms with Crippen molar-refractivity contribution in [2.24, 2.45) is 11.7 Å². The Labute approximate surface area is 125 Å². The second-order valence-electron chi connectivity index (χ2n) is 5.05. The molecule has 1 aliphatic rings. The Balaban J connectivity index is 0. The molecule has 4 nitrogen and oxygen atoms in total. The van der Waals surface area contributed by atoms with Crippen molar-refractivity contribution in [3.8, 4) is 0 Å². The van der Waals surface area contributed by atoms with Gasteiger partial charge in [-0.15, -0.1) is 0 Å². The van der Waals surface area contributed by atoms with Gasteiger partial charge in [-0.3, -0.25) is 4.79 Å². The molecule has 119 valence electrons. The summed E-state index contributed by atoms with van der Waals surface area (Å²) in [5.41, 5.74) is 4.84. The lowest BCUT2D eigenvalue weighted by molar-refractivity contribution is -0.144. The molecule has 20 heavy (non-hydrogen) atoms. The fourth-order valence-electron chi connectivity index (χ4n) is 2.24. The summed E-state index contributed by atoms with van der Waals surface area (Å²) in [6.07, 6.45) is 7.24. The zero-order valence-electron chi connectivity index (χ0n) is 13.7. The van der Waals surface area contributed by atoms with Crippen LogP contribution in [0.25, 0.3) is 0 Å². The Morgan fingerprint density at radius 3 is 2.30 bits per heavy atom. The van der Waals surface area contributed by atoms with Crippen LogP contribution >= 0.6 is 0 Å². The van der Waals surface area contributed by atoms with E-state index in [9.17, 15) is 4.79 Å². The van der Waals surface area contributed by atoms with E-state index in [0.29, 0.717) is 12.7 Å². The molecule has 1 fully saturated rings. The van der Waals surface area contributed by atoms with Gasteiger partial charge in [0, 0.05) is 0 Å². The number of hydrogen-bond acceptors (Lipinski definition) is 3. The summed E-state index contributed by atoms with van der Waals surface area (Å²) in [5.74, 6) is -0.812. The Bertz CT molecular complexity index is 237. The van der Waals surface area contributed by atoms with E-state index in [4.69, 9.17) is 15.9 Å². The van der Waals surface area contributed by atoms with Crippen LogP contribution in [0, 0.1) is 5.92 Å². The van der Waals surface area contributed by atoms with Crippen LogP contribution in [0.4, 0.5) is 0 Å². The first kappa shape index (κ1) is 21.7. The van der Waals surface area contributed by atoms with Gasteiger partial charge >= 0.3 is 5.97 Å². The van der Waals surface area contributed by atoms with Crippen molar-refractivity contribution in [1.82, 2.24) is 0 Å². The monoisotopic (exact) mass is 286 g/mol. The summed E-state index contributed by atoms with van der Waals surface area (Å²) in [4.78, 5) is 11.0. The molecule has 1 radical (unpaired) electrons. The zero-order valence-corrected chi connectivity index (χ0v) is 13.7. The van der Waals surface area contributed by atoms with Crippen molar-refractivity contribution in [2.45, 2.75) is 84.5 Å². The molecule has 1 aliphatic carbocycles.